The Morgan fingerprint density at radius 1 is 1.21 bits per heavy atom. The van der Waals surface area contributed by atoms with E-state index in [1.54, 1.807) is 6.20 Å². The van der Waals surface area contributed by atoms with Crippen LogP contribution >= 0.6 is 0 Å². The number of amides is 1. The largest absolute Gasteiger partial charge is 0.333 e. The zero-order chi connectivity index (χ0) is 16.4. The third kappa shape index (κ3) is 2.81. The third-order valence-electron chi connectivity index (χ3n) is 4.10. The quantitative estimate of drug-likeness (QED) is 0.684. The number of benzene rings is 1. The lowest BCUT2D eigenvalue weighted by Gasteiger charge is -2.04. The first-order valence-corrected chi connectivity index (χ1v) is 7.98. The topological polar surface area (TPSA) is 87.6 Å². The second-order valence-electron chi connectivity index (χ2n) is 5.71. The number of imidazole rings is 1. The minimum absolute atomic E-state index is 0.220. The lowest BCUT2D eigenvalue weighted by atomic mass is 10.1. The van der Waals surface area contributed by atoms with Crippen LogP contribution in [0.4, 0.5) is 5.69 Å². The fourth-order valence-corrected chi connectivity index (χ4v) is 2.87. The fourth-order valence-electron chi connectivity index (χ4n) is 2.87. The van der Waals surface area contributed by atoms with Crippen molar-refractivity contribution in [2.45, 2.75) is 13.0 Å². The predicted octanol–water partition coefficient (Wildman–Crippen LogP) is 1.67. The highest BCUT2D eigenvalue weighted by atomic mass is 16.1. The first kappa shape index (κ1) is 14.6. The van der Waals surface area contributed by atoms with Crippen LogP contribution in [-0.2, 0) is 13.0 Å². The molecule has 0 aliphatic carbocycles. The molecular formula is C17H18N6O. The standard InChI is InChI=1S/C17H18N6O/c24-17(14-11-23-9-8-18-7-6-15(23)20-14)21-13-10-19-22-16(13)12-4-2-1-3-5-12/h1-5,10-11,18H,6-9H2,(H,19,22)(H,21,24). The van der Waals surface area contributed by atoms with E-state index in [1.165, 1.54) is 0 Å². The summed E-state index contributed by atoms with van der Waals surface area (Å²) in [6, 6.07) is 9.78. The van der Waals surface area contributed by atoms with Crippen molar-refractivity contribution in [2.24, 2.45) is 0 Å². The number of aromatic amines is 1. The molecule has 7 heteroatoms. The number of carbonyl (C=O) groups is 1. The van der Waals surface area contributed by atoms with Crippen molar-refractivity contribution in [1.29, 1.82) is 0 Å². The minimum Gasteiger partial charge on any atom is -0.333 e. The molecular weight excluding hydrogens is 304 g/mol. The van der Waals surface area contributed by atoms with Crippen molar-refractivity contribution in [2.75, 3.05) is 18.4 Å². The molecule has 3 heterocycles. The SMILES string of the molecule is O=C(Nc1cn[nH]c1-c1ccccc1)c1cn2c(n1)CCNCC2. The van der Waals surface area contributed by atoms with Crippen LogP contribution in [-0.4, -0.2) is 38.7 Å². The summed E-state index contributed by atoms with van der Waals surface area (Å²) in [6.45, 7) is 2.61. The van der Waals surface area contributed by atoms with Crippen LogP contribution in [0.3, 0.4) is 0 Å². The smallest absolute Gasteiger partial charge is 0.275 e. The van der Waals surface area contributed by atoms with E-state index in [-0.39, 0.29) is 5.91 Å². The van der Waals surface area contributed by atoms with Gasteiger partial charge in [-0.2, -0.15) is 5.10 Å². The number of nitrogens with zero attached hydrogens (tertiary/aromatic N) is 3. The number of anilines is 1. The molecule has 7 nitrogen and oxygen atoms in total. The normalized spacial score (nSPS) is 14.0. The second kappa shape index (κ2) is 6.29. The van der Waals surface area contributed by atoms with E-state index in [0.717, 1.165) is 43.1 Å². The van der Waals surface area contributed by atoms with Gasteiger partial charge in [-0.1, -0.05) is 30.3 Å². The van der Waals surface area contributed by atoms with Crippen molar-refractivity contribution in [3.8, 4) is 11.3 Å². The molecule has 3 N–H and O–H groups in total. The maximum absolute atomic E-state index is 12.6. The predicted molar refractivity (Wildman–Crippen MR) is 90.8 cm³/mol. The number of carbonyl (C=O) groups excluding carboxylic acids is 1. The Morgan fingerprint density at radius 3 is 2.96 bits per heavy atom. The van der Waals surface area contributed by atoms with Gasteiger partial charge < -0.3 is 15.2 Å². The Kier molecular flexibility index (Phi) is 3.84. The van der Waals surface area contributed by atoms with Crippen LogP contribution in [0.15, 0.2) is 42.7 Å². The first-order chi connectivity index (χ1) is 11.8. The molecule has 0 unspecified atom stereocenters. The second-order valence-corrected chi connectivity index (χ2v) is 5.71. The van der Waals surface area contributed by atoms with Gasteiger partial charge in [0.15, 0.2) is 0 Å². The number of fused-ring (bicyclic) bond motifs is 1. The molecule has 0 atom stereocenters. The van der Waals surface area contributed by atoms with Crippen LogP contribution in [0, 0.1) is 0 Å². The van der Waals surface area contributed by atoms with Crippen LogP contribution in [0.25, 0.3) is 11.3 Å². The van der Waals surface area contributed by atoms with Gasteiger partial charge in [-0.3, -0.25) is 9.89 Å². The zero-order valence-corrected chi connectivity index (χ0v) is 13.1. The maximum Gasteiger partial charge on any atom is 0.275 e. The van der Waals surface area contributed by atoms with Crippen LogP contribution in [0.2, 0.25) is 0 Å². The molecule has 1 aliphatic rings. The summed E-state index contributed by atoms with van der Waals surface area (Å²) in [4.78, 5) is 17.0. The Labute approximate surface area is 139 Å². The van der Waals surface area contributed by atoms with E-state index in [1.807, 2.05) is 41.1 Å². The van der Waals surface area contributed by atoms with Crippen molar-refractivity contribution in [3.05, 3.63) is 54.2 Å². The maximum atomic E-state index is 12.6. The number of nitrogens with one attached hydrogen (secondary N) is 3. The van der Waals surface area contributed by atoms with E-state index in [4.69, 9.17) is 0 Å². The molecule has 0 radical (unpaired) electrons. The molecule has 0 saturated heterocycles. The van der Waals surface area contributed by atoms with Gasteiger partial charge in [0.05, 0.1) is 17.6 Å². The molecule has 0 fully saturated rings. The highest BCUT2D eigenvalue weighted by Crippen LogP contribution is 2.25. The number of rotatable bonds is 3. The molecule has 1 amide bonds. The van der Waals surface area contributed by atoms with E-state index >= 15 is 0 Å². The lowest BCUT2D eigenvalue weighted by molar-refractivity contribution is 0.102. The summed E-state index contributed by atoms with van der Waals surface area (Å²) in [6.07, 6.45) is 4.26. The van der Waals surface area contributed by atoms with Gasteiger partial charge in [-0.05, 0) is 0 Å². The molecule has 0 saturated carbocycles. The third-order valence-corrected chi connectivity index (χ3v) is 4.10. The molecule has 1 aromatic carbocycles. The Bertz CT molecular complexity index is 828. The van der Waals surface area contributed by atoms with Gasteiger partial charge in [0.2, 0.25) is 0 Å². The first-order valence-electron chi connectivity index (χ1n) is 7.98. The summed E-state index contributed by atoms with van der Waals surface area (Å²) in [5.74, 6) is 0.725. The van der Waals surface area contributed by atoms with Crippen molar-refractivity contribution < 1.29 is 4.79 Å². The number of H-pyrrole nitrogens is 1. The highest BCUT2D eigenvalue weighted by molar-refractivity contribution is 6.04. The highest BCUT2D eigenvalue weighted by Gasteiger charge is 2.18. The molecule has 122 valence electrons. The van der Waals surface area contributed by atoms with E-state index in [2.05, 4.69) is 25.8 Å². The van der Waals surface area contributed by atoms with Gasteiger partial charge in [0, 0.05) is 37.8 Å². The number of aromatic nitrogens is 4. The number of hydrogen-bond acceptors (Lipinski definition) is 4. The summed E-state index contributed by atoms with van der Waals surface area (Å²) < 4.78 is 2.04. The average molecular weight is 322 g/mol. The summed E-state index contributed by atoms with van der Waals surface area (Å²) in [5.41, 5.74) is 2.84. The lowest BCUT2D eigenvalue weighted by Crippen LogP contribution is -2.18. The summed E-state index contributed by atoms with van der Waals surface area (Å²) in [5, 5.41) is 13.2. The Balaban J connectivity index is 1.56. The molecule has 1 aliphatic heterocycles. The monoisotopic (exact) mass is 322 g/mol. The van der Waals surface area contributed by atoms with E-state index < -0.39 is 0 Å². The summed E-state index contributed by atoms with van der Waals surface area (Å²) in [7, 11) is 0. The van der Waals surface area contributed by atoms with E-state index in [0.29, 0.717) is 11.4 Å². The van der Waals surface area contributed by atoms with Crippen LogP contribution in [0.5, 0.6) is 0 Å². The molecule has 0 spiro atoms. The molecule has 4 rings (SSSR count). The van der Waals surface area contributed by atoms with Gasteiger partial charge in [-0.25, -0.2) is 4.98 Å². The zero-order valence-electron chi connectivity index (χ0n) is 13.1. The van der Waals surface area contributed by atoms with Crippen molar-refractivity contribution >= 4 is 11.6 Å². The van der Waals surface area contributed by atoms with Crippen molar-refractivity contribution in [1.82, 2.24) is 25.1 Å². The van der Waals surface area contributed by atoms with Gasteiger partial charge in [0.1, 0.15) is 11.5 Å². The van der Waals surface area contributed by atoms with Crippen molar-refractivity contribution in [3.63, 3.8) is 0 Å². The number of hydrogen-bond donors (Lipinski definition) is 3. The molecule has 0 bridgehead atoms. The van der Waals surface area contributed by atoms with Gasteiger partial charge in [-0.15, -0.1) is 0 Å². The molecule has 3 aromatic rings. The van der Waals surface area contributed by atoms with Gasteiger partial charge in [0.25, 0.3) is 5.91 Å². The summed E-state index contributed by atoms with van der Waals surface area (Å²) >= 11 is 0. The van der Waals surface area contributed by atoms with Crippen LogP contribution < -0.4 is 10.6 Å². The molecule has 24 heavy (non-hydrogen) atoms. The fraction of sp³-hybridized carbons (Fsp3) is 0.235. The average Bonchev–Trinajstić information content (AvgIpc) is 3.17. The van der Waals surface area contributed by atoms with Gasteiger partial charge >= 0.3 is 0 Å². The Hall–Kier alpha value is -2.93. The van der Waals surface area contributed by atoms with E-state index in [9.17, 15) is 4.79 Å². The Morgan fingerprint density at radius 2 is 2.08 bits per heavy atom. The minimum atomic E-state index is -0.220. The van der Waals surface area contributed by atoms with Crippen LogP contribution in [0.1, 0.15) is 16.3 Å². The molecule has 2 aromatic heterocycles.